The largest absolute Gasteiger partial charge is 0.345 e. The van der Waals surface area contributed by atoms with Crippen molar-refractivity contribution in [2.24, 2.45) is 0 Å². The van der Waals surface area contributed by atoms with Crippen LogP contribution in [0.2, 0.25) is 0 Å². The summed E-state index contributed by atoms with van der Waals surface area (Å²) >= 11 is 0. The molecule has 0 radical (unpaired) electrons. The summed E-state index contributed by atoms with van der Waals surface area (Å²) in [6.07, 6.45) is 0.714. The number of anilines is 1. The Morgan fingerprint density at radius 3 is 2.23 bits per heavy atom. The number of rotatable bonds is 7. The van der Waals surface area contributed by atoms with E-state index in [1.807, 2.05) is 32.9 Å². The molecular formula is C25H28N2O3S. The van der Waals surface area contributed by atoms with Gasteiger partial charge in [0.25, 0.3) is 15.9 Å². The van der Waals surface area contributed by atoms with E-state index in [1.165, 1.54) is 5.56 Å². The predicted molar refractivity (Wildman–Crippen MR) is 125 cm³/mol. The van der Waals surface area contributed by atoms with Gasteiger partial charge in [-0.2, -0.15) is 0 Å². The summed E-state index contributed by atoms with van der Waals surface area (Å²) in [7, 11) is -3.81. The van der Waals surface area contributed by atoms with Gasteiger partial charge in [-0.15, -0.1) is 0 Å². The van der Waals surface area contributed by atoms with E-state index in [-0.39, 0.29) is 28.1 Å². The Bertz CT molecular complexity index is 1190. The number of carbonyl (C=O) groups excluding carboxylic acids is 1. The van der Waals surface area contributed by atoms with Crippen LogP contribution < -0.4 is 10.0 Å². The maximum absolute atomic E-state index is 13.1. The highest BCUT2D eigenvalue weighted by Crippen LogP contribution is 2.24. The topological polar surface area (TPSA) is 75.3 Å². The minimum atomic E-state index is -3.81. The van der Waals surface area contributed by atoms with E-state index in [9.17, 15) is 13.2 Å². The lowest BCUT2D eigenvalue weighted by Crippen LogP contribution is -2.29. The molecule has 0 heterocycles. The number of para-hydroxylation sites is 1. The Kier molecular flexibility index (Phi) is 6.81. The second kappa shape index (κ2) is 9.35. The lowest BCUT2D eigenvalue weighted by Gasteiger charge is -2.20. The summed E-state index contributed by atoms with van der Waals surface area (Å²) in [5.74, 6) is -0.327. The molecule has 0 saturated heterocycles. The molecule has 0 aliphatic carbocycles. The third-order valence-corrected chi connectivity index (χ3v) is 6.78. The van der Waals surface area contributed by atoms with Crippen LogP contribution in [0.15, 0.2) is 71.6 Å². The Morgan fingerprint density at radius 1 is 0.903 bits per heavy atom. The Hall–Kier alpha value is -3.12. The summed E-state index contributed by atoms with van der Waals surface area (Å²) in [5, 5.41) is 3.05. The first kappa shape index (κ1) is 22.6. The lowest BCUT2D eigenvalue weighted by atomic mass is 9.99. The normalized spacial score (nSPS) is 12.3. The van der Waals surface area contributed by atoms with Crippen molar-refractivity contribution in [3.8, 4) is 0 Å². The Morgan fingerprint density at radius 2 is 1.58 bits per heavy atom. The van der Waals surface area contributed by atoms with Gasteiger partial charge in [0, 0.05) is 0 Å². The molecule has 0 aliphatic rings. The van der Waals surface area contributed by atoms with E-state index in [4.69, 9.17) is 0 Å². The van der Waals surface area contributed by atoms with Crippen molar-refractivity contribution < 1.29 is 13.2 Å². The molecule has 6 heteroatoms. The van der Waals surface area contributed by atoms with Crippen LogP contribution in [0.4, 0.5) is 5.69 Å². The van der Waals surface area contributed by atoms with Crippen LogP contribution in [-0.4, -0.2) is 14.3 Å². The van der Waals surface area contributed by atoms with E-state index in [1.54, 1.807) is 48.5 Å². The highest BCUT2D eigenvalue weighted by Gasteiger charge is 2.20. The first-order valence-electron chi connectivity index (χ1n) is 10.3. The fraction of sp³-hybridized carbons (Fsp3) is 0.240. The Balaban J connectivity index is 1.85. The fourth-order valence-corrected chi connectivity index (χ4v) is 4.41. The highest BCUT2D eigenvalue weighted by atomic mass is 32.2. The zero-order valence-electron chi connectivity index (χ0n) is 18.3. The fourth-order valence-electron chi connectivity index (χ4n) is 3.33. The van der Waals surface area contributed by atoms with Crippen molar-refractivity contribution in [2.75, 3.05) is 4.72 Å². The molecule has 2 N–H and O–H groups in total. The molecule has 0 unspecified atom stereocenters. The molecule has 0 bridgehead atoms. The standard InChI is InChI=1S/C25H28N2O3S/c1-5-23(20-13-12-18(3)19(4)16-20)26-25(28)22-8-6-7-9-24(22)27-31(29,30)21-14-10-17(2)11-15-21/h6-16,23,27H,5H2,1-4H3,(H,26,28)/t23-/m0/s1. The van der Waals surface area contributed by atoms with Gasteiger partial charge in [0.1, 0.15) is 0 Å². The summed E-state index contributed by atoms with van der Waals surface area (Å²) < 4.78 is 28.2. The number of amides is 1. The van der Waals surface area contributed by atoms with Crippen LogP contribution in [0.1, 0.15) is 52.0 Å². The molecule has 0 fully saturated rings. The zero-order valence-corrected chi connectivity index (χ0v) is 19.1. The molecule has 0 spiro atoms. The smallest absolute Gasteiger partial charge is 0.261 e. The monoisotopic (exact) mass is 436 g/mol. The molecule has 5 nitrogen and oxygen atoms in total. The van der Waals surface area contributed by atoms with Gasteiger partial charge in [-0.3, -0.25) is 9.52 Å². The van der Waals surface area contributed by atoms with Crippen LogP contribution in [0.5, 0.6) is 0 Å². The molecule has 1 amide bonds. The van der Waals surface area contributed by atoms with E-state index < -0.39 is 10.0 Å². The van der Waals surface area contributed by atoms with E-state index in [2.05, 4.69) is 23.0 Å². The van der Waals surface area contributed by atoms with Crippen LogP contribution in [-0.2, 0) is 10.0 Å². The second-order valence-electron chi connectivity index (χ2n) is 7.74. The minimum Gasteiger partial charge on any atom is -0.345 e. The minimum absolute atomic E-state index is 0.148. The van der Waals surface area contributed by atoms with Gasteiger partial charge in [0.05, 0.1) is 22.2 Å². The summed E-state index contributed by atoms with van der Waals surface area (Å²) in [6.45, 7) is 7.99. The van der Waals surface area contributed by atoms with Gasteiger partial charge >= 0.3 is 0 Å². The van der Waals surface area contributed by atoms with Crippen molar-refractivity contribution in [1.82, 2.24) is 5.32 Å². The third-order valence-electron chi connectivity index (χ3n) is 5.39. The van der Waals surface area contributed by atoms with Gasteiger partial charge in [-0.1, -0.05) is 55.0 Å². The maximum Gasteiger partial charge on any atom is 0.261 e. The van der Waals surface area contributed by atoms with Crippen molar-refractivity contribution in [2.45, 2.75) is 45.1 Å². The quantitative estimate of drug-likeness (QED) is 0.528. The maximum atomic E-state index is 13.1. The molecule has 3 aromatic carbocycles. The number of nitrogens with one attached hydrogen (secondary N) is 2. The van der Waals surface area contributed by atoms with Crippen molar-refractivity contribution in [1.29, 1.82) is 0 Å². The SMILES string of the molecule is CC[C@H](NC(=O)c1ccccc1NS(=O)(=O)c1ccc(C)cc1)c1ccc(C)c(C)c1. The summed E-state index contributed by atoms with van der Waals surface area (Å²) in [6, 6.07) is 19.2. The molecular weight excluding hydrogens is 408 g/mol. The van der Waals surface area contributed by atoms with Gasteiger partial charge in [0.2, 0.25) is 0 Å². The number of benzene rings is 3. The third kappa shape index (κ3) is 5.33. The first-order chi connectivity index (χ1) is 14.7. The van der Waals surface area contributed by atoms with Gasteiger partial charge < -0.3 is 5.32 Å². The first-order valence-corrected chi connectivity index (χ1v) is 11.8. The van der Waals surface area contributed by atoms with Crippen LogP contribution in [0.3, 0.4) is 0 Å². The van der Waals surface area contributed by atoms with E-state index in [0.717, 1.165) is 16.7 Å². The Labute approximate surface area is 184 Å². The number of hydrogen-bond acceptors (Lipinski definition) is 3. The average Bonchev–Trinajstić information content (AvgIpc) is 2.74. The summed E-state index contributed by atoms with van der Waals surface area (Å²) in [5.41, 5.74) is 4.88. The van der Waals surface area contributed by atoms with E-state index in [0.29, 0.717) is 6.42 Å². The molecule has 3 aromatic rings. The van der Waals surface area contributed by atoms with E-state index >= 15 is 0 Å². The lowest BCUT2D eigenvalue weighted by molar-refractivity contribution is 0.0936. The zero-order chi connectivity index (χ0) is 22.6. The number of sulfonamides is 1. The molecule has 0 saturated carbocycles. The van der Waals surface area contributed by atoms with Crippen molar-refractivity contribution in [3.05, 3.63) is 94.5 Å². The molecule has 1 atom stereocenters. The molecule has 31 heavy (non-hydrogen) atoms. The number of carbonyl (C=O) groups is 1. The summed E-state index contributed by atoms with van der Waals surface area (Å²) in [4.78, 5) is 13.2. The number of aryl methyl sites for hydroxylation is 3. The van der Waals surface area contributed by atoms with Crippen LogP contribution >= 0.6 is 0 Å². The highest BCUT2D eigenvalue weighted by molar-refractivity contribution is 7.92. The van der Waals surface area contributed by atoms with Crippen LogP contribution in [0.25, 0.3) is 0 Å². The second-order valence-corrected chi connectivity index (χ2v) is 9.42. The molecule has 0 aliphatic heterocycles. The number of hydrogen-bond donors (Lipinski definition) is 2. The van der Waals surface area contributed by atoms with Gasteiger partial charge in [-0.05, 0) is 68.1 Å². The molecule has 162 valence electrons. The average molecular weight is 437 g/mol. The van der Waals surface area contributed by atoms with Gasteiger partial charge in [-0.25, -0.2) is 8.42 Å². The van der Waals surface area contributed by atoms with Gasteiger partial charge in [0.15, 0.2) is 0 Å². The van der Waals surface area contributed by atoms with Crippen molar-refractivity contribution in [3.63, 3.8) is 0 Å². The molecule has 3 rings (SSSR count). The molecule has 0 aromatic heterocycles. The van der Waals surface area contributed by atoms with Crippen LogP contribution in [0, 0.1) is 20.8 Å². The predicted octanol–water partition coefficient (Wildman–Crippen LogP) is 5.29. The van der Waals surface area contributed by atoms with Crippen molar-refractivity contribution >= 4 is 21.6 Å².